The summed E-state index contributed by atoms with van der Waals surface area (Å²) in [6, 6.07) is 14.2. The standard InChI is InChI=1S/C17H12N4O4S2/c22-14(11-4-2-1-3-5-11)10-26-17-20-19-16(27-17)18-15(23)12-6-8-13(9-7-12)21(24)25/h1-9H,10H2,(H,18,19,23). The van der Waals surface area contributed by atoms with Crippen LogP contribution in [-0.4, -0.2) is 32.6 Å². The maximum atomic E-state index is 12.2. The Hall–Kier alpha value is -3.11. The van der Waals surface area contributed by atoms with Crippen LogP contribution in [0.5, 0.6) is 0 Å². The van der Waals surface area contributed by atoms with E-state index < -0.39 is 10.8 Å². The van der Waals surface area contributed by atoms with Gasteiger partial charge in [0.2, 0.25) is 5.13 Å². The summed E-state index contributed by atoms with van der Waals surface area (Å²) in [5.74, 6) is -0.250. The second-order valence-electron chi connectivity index (χ2n) is 5.21. The minimum Gasteiger partial charge on any atom is -0.296 e. The molecule has 0 unspecified atom stereocenters. The van der Waals surface area contributed by atoms with E-state index in [0.29, 0.717) is 9.90 Å². The molecule has 3 aromatic rings. The average molecular weight is 400 g/mol. The molecule has 8 nitrogen and oxygen atoms in total. The summed E-state index contributed by atoms with van der Waals surface area (Å²) in [5, 5.41) is 21.3. The van der Waals surface area contributed by atoms with Crippen molar-refractivity contribution in [3.63, 3.8) is 0 Å². The molecular formula is C17H12N4O4S2. The number of non-ortho nitro benzene ring substituents is 1. The van der Waals surface area contributed by atoms with Crippen LogP contribution >= 0.6 is 23.1 Å². The fourth-order valence-electron chi connectivity index (χ4n) is 2.06. The van der Waals surface area contributed by atoms with E-state index in [1.54, 1.807) is 24.3 Å². The summed E-state index contributed by atoms with van der Waals surface area (Å²) in [6.07, 6.45) is 0. The predicted molar refractivity (Wildman–Crippen MR) is 102 cm³/mol. The number of thioether (sulfide) groups is 1. The number of amides is 1. The molecule has 0 saturated heterocycles. The number of nitro benzene ring substituents is 1. The molecule has 0 fully saturated rings. The van der Waals surface area contributed by atoms with Gasteiger partial charge in [-0.1, -0.05) is 53.4 Å². The van der Waals surface area contributed by atoms with Crippen LogP contribution in [0.3, 0.4) is 0 Å². The number of ketones is 1. The zero-order valence-electron chi connectivity index (χ0n) is 13.7. The number of hydrogen-bond donors (Lipinski definition) is 1. The molecule has 0 spiro atoms. The Morgan fingerprint density at radius 2 is 1.74 bits per heavy atom. The van der Waals surface area contributed by atoms with E-state index in [-0.39, 0.29) is 27.9 Å². The fourth-order valence-corrected chi connectivity index (χ4v) is 3.70. The molecule has 1 heterocycles. The number of nitrogens with zero attached hydrogens (tertiary/aromatic N) is 3. The minimum atomic E-state index is -0.535. The zero-order valence-corrected chi connectivity index (χ0v) is 15.3. The summed E-state index contributed by atoms with van der Waals surface area (Å²) < 4.78 is 0.554. The first kappa shape index (κ1) is 18.7. The number of nitro groups is 1. The first-order chi connectivity index (χ1) is 13.0. The molecule has 27 heavy (non-hydrogen) atoms. The largest absolute Gasteiger partial charge is 0.296 e. The monoisotopic (exact) mass is 400 g/mol. The van der Waals surface area contributed by atoms with E-state index in [9.17, 15) is 19.7 Å². The van der Waals surface area contributed by atoms with Gasteiger partial charge in [-0.3, -0.25) is 25.0 Å². The number of carbonyl (C=O) groups excluding carboxylic acids is 2. The smallest absolute Gasteiger partial charge is 0.269 e. The minimum absolute atomic E-state index is 0.0211. The normalized spacial score (nSPS) is 10.4. The van der Waals surface area contributed by atoms with Crippen LogP contribution in [0.25, 0.3) is 0 Å². The first-order valence-corrected chi connectivity index (χ1v) is 9.43. The highest BCUT2D eigenvalue weighted by atomic mass is 32.2. The van der Waals surface area contributed by atoms with E-state index in [2.05, 4.69) is 15.5 Å². The summed E-state index contributed by atoms with van der Waals surface area (Å²) in [7, 11) is 0. The Kier molecular flexibility index (Phi) is 5.89. The van der Waals surface area contributed by atoms with Crippen LogP contribution in [0, 0.1) is 10.1 Å². The Morgan fingerprint density at radius 3 is 2.41 bits per heavy atom. The van der Waals surface area contributed by atoms with Gasteiger partial charge in [0, 0.05) is 23.3 Å². The van der Waals surface area contributed by atoms with Gasteiger partial charge in [0.25, 0.3) is 11.6 Å². The van der Waals surface area contributed by atoms with Crippen molar-refractivity contribution in [1.82, 2.24) is 10.2 Å². The predicted octanol–water partition coefficient (Wildman–Crippen LogP) is 3.67. The van der Waals surface area contributed by atoms with Gasteiger partial charge in [-0.2, -0.15) is 0 Å². The number of carbonyl (C=O) groups is 2. The zero-order chi connectivity index (χ0) is 19.2. The SMILES string of the molecule is O=C(CSc1nnc(NC(=O)c2ccc([N+](=O)[O-])cc2)s1)c1ccccc1. The number of Topliss-reactive ketones (excluding diaryl/α,β-unsaturated/α-hetero) is 1. The summed E-state index contributed by atoms with van der Waals surface area (Å²) >= 11 is 2.39. The van der Waals surface area contributed by atoms with Crippen LogP contribution < -0.4 is 5.32 Å². The third kappa shape index (κ3) is 4.96. The van der Waals surface area contributed by atoms with Gasteiger partial charge < -0.3 is 0 Å². The molecule has 0 aliphatic heterocycles. The molecule has 2 aromatic carbocycles. The Morgan fingerprint density at radius 1 is 1.04 bits per heavy atom. The highest BCUT2D eigenvalue weighted by Crippen LogP contribution is 2.26. The quantitative estimate of drug-likeness (QED) is 0.211. The van der Waals surface area contributed by atoms with Crippen molar-refractivity contribution < 1.29 is 14.5 Å². The number of benzene rings is 2. The van der Waals surface area contributed by atoms with Crippen molar-refractivity contribution in [2.45, 2.75) is 4.34 Å². The van der Waals surface area contributed by atoms with Gasteiger partial charge in [-0.05, 0) is 12.1 Å². The molecule has 136 valence electrons. The number of hydrogen-bond acceptors (Lipinski definition) is 8. The molecule has 0 aliphatic rings. The van der Waals surface area contributed by atoms with E-state index in [4.69, 9.17) is 0 Å². The fraction of sp³-hybridized carbons (Fsp3) is 0.0588. The van der Waals surface area contributed by atoms with Crippen molar-refractivity contribution in [2.24, 2.45) is 0 Å². The lowest BCUT2D eigenvalue weighted by molar-refractivity contribution is -0.384. The Labute approximate surface area is 161 Å². The second-order valence-corrected chi connectivity index (χ2v) is 7.41. The van der Waals surface area contributed by atoms with Crippen LogP contribution in [0.1, 0.15) is 20.7 Å². The molecule has 1 aromatic heterocycles. The molecule has 0 saturated carbocycles. The van der Waals surface area contributed by atoms with Crippen molar-refractivity contribution in [1.29, 1.82) is 0 Å². The second kappa shape index (κ2) is 8.52. The van der Waals surface area contributed by atoms with Gasteiger partial charge in [-0.25, -0.2) is 0 Å². The molecular weight excluding hydrogens is 388 g/mol. The molecule has 0 bridgehead atoms. The summed E-state index contributed by atoms with van der Waals surface area (Å²) in [5.41, 5.74) is 0.801. The van der Waals surface area contributed by atoms with Crippen molar-refractivity contribution in [2.75, 3.05) is 11.1 Å². The highest BCUT2D eigenvalue weighted by molar-refractivity contribution is 8.01. The van der Waals surface area contributed by atoms with Crippen molar-refractivity contribution in [3.8, 4) is 0 Å². The molecule has 0 atom stereocenters. The molecule has 3 rings (SSSR count). The van der Waals surface area contributed by atoms with E-state index in [0.717, 1.165) is 11.3 Å². The topological polar surface area (TPSA) is 115 Å². The maximum Gasteiger partial charge on any atom is 0.269 e. The van der Waals surface area contributed by atoms with Gasteiger partial charge in [0.05, 0.1) is 10.7 Å². The van der Waals surface area contributed by atoms with Crippen LogP contribution in [0.15, 0.2) is 58.9 Å². The third-order valence-electron chi connectivity index (χ3n) is 3.39. The lowest BCUT2D eigenvalue weighted by Crippen LogP contribution is -2.11. The van der Waals surface area contributed by atoms with Crippen LogP contribution in [0.4, 0.5) is 10.8 Å². The Bertz CT molecular complexity index is 974. The molecule has 0 aliphatic carbocycles. The highest BCUT2D eigenvalue weighted by Gasteiger charge is 2.13. The first-order valence-electron chi connectivity index (χ1n) is 7.63. The lowest BCUT2D eigenvalue weighted by Gasteiger charge is -2.00. The third-order valence-corrected chi connectivity index (χ3v) is 5.36. The molecule has 0 radical (unpaired) electrons. The molecule has 1 N–H and O–H groups in total. The molecule has 1 amide bonds. The van der Waals surface area contributed by atoms with Crippen LogP contribution in [0.2, 0.25) is 0 Å². The summed E-state index contributed by atoms with van der Waals surface area (Å²) in [4.78, 5) is 34.3. The van der Waals surface area contributed by atoms with E-state index in [1.807, 2.05) is 6.07 Å². The van der Waals surface area contributed by atoms with Gasteiger partial charge in [-0.15, -0.1) is 10.2 Å². The lowest BCUT2D eigenvalue weighted by atomic mass is 10.2. The van der Waals surface area contributed by atoms with E-state index >= 15 is 0 Å². The van der Waals surface area contributed by atoms with Crippen LogP contribution in [-0.2, 0) is 0 Å². The Balaban J connectivity index is 1.56. The number of aromatic nitrogens is 2. The summed E-state index contributed by atoms with van der Waals surface area (Å²) in [6.45, 7) is 0. The maximum absolute atomic E-state index is 12.2. The number of anilines is 1. The van der Waals surface area contributed by atoms with E-state index in [1.165, 1.54) is 36.0 Å². The van der Waals surface area contributed by atoms with Gasteiger partial charge in [0.1, 0.15) is 0 Å². The average Bonchev–Trinajstić information content (AvgIpc) is 3.14. The van der Waals surface area contributed by atoms with Crippen molar-refractivity contribution in [3.05, 3.63) is 75.8 Å². The number of nitrogens with one attached hydrogen (secondary N) is 1. The van der Waals surface area contributed by atoms with Crippen molar-refractivity contribution >= 4 is 45.6 Å². The number of rotatable bonds is 7. The van der Waals surface area contributed by atoms with Gasteiger partial charge >= 0.3 is 0 Å². The van der Waals surface area contributed by atoms with Gasteiger partial charge in [0.15, 0.2) is 10.1 Å². The molecule has 10 heteroatoms.